The van der Waals surface area contributed by atoms with E-state index < -0.39 is 23.8 Å². The molecule has 0 fully saturated rings. The molecule has 1 aliphatic heterocycles. The van der Waals surface area contributed by atoms with Crippen LogP contribution in [0, 0.1) is 0 Å². The van der Waals surface area contributed by atoms with E-state index in [0.717, 1.165) is 4.90 Å². The van der Waals surface area contributed by atoms with E-state index in [1.807, 2.05) is 0 Å². The van der Waals surface area contributed by atoms with E-state index in [0.29, 0.717) is 0 Å². The number of aromatic nitrogens is 2. The van der Waals surface area contributed by atoms with Crippen molar-refractivity contribution in [3.63, 3.8) is 0 Å². The van der Waals surface area contributed by atoms with Crippen LogP contribution in [-0.4, -0.2) is 50.4 Å². The number of aliphatic hydroxyl groups excluding tert-OH is 1. The summed E-state index contributed by atoms with van der Waals surface area (Å²) in [6.45, 7) is 5.19. The van der Waals surface area contributed by atoms with Crippen molar-refractivity contribution in [2.75, 3.05) is 12.4 Å². The third-order valence-corrected chi connectivity index (χ3v) is 2.71. The first-order valence-corrected chi connectivity index (χ1v) is 6.18. The lowest BCUT2D eigenvalue weighted by Gasteiger charge is -2.29. The number of imidazole rings is 1. The number of hydrogen-bond donors (Lipinski definition) is 2. The molecule has 1 amide bonds. The van der Waals surface area contributed by atoms with E-state index in [4.69, 9.17) is 4.74 Å². The predicted octanol–water partition coefficient (Wildman–Crippen LogP) is -0.00180. The zero-order chi connectivity index (χ0) is 15.1. The summed E-state index contributed by atoms with van der Waals surface area (Å²) >= 11 is 0. The number of ether oxygens (including phenoxy) is 1. The average Bonchev–Trinajstić information content (AvgIpc) is 2.66. The third-order valence-electron chi connectivity index (χ3n) is 2.71. The first kappa shape index (κ1) is 14.3. The fourth-order valence-corrected chi connectivity index (χ4v) is 1.84. The number of aliphatic hydroxyl groups is 1. The highest BCUT2D eigenvalue weighted by atomic mass is 16.6. The van der Waals surface area contributed by atoms with Gasteiger partial charge in [-0.25, -0.2) is 4.98 Å². The molecule has 1 aromatic heterocycles. The van der Waals surface area contributed by atoms with Crippen molar-refractivity contribution in [3.05, 3.63) is 12.0 Å². The van der Waals surface area contributed by atoms with E-state index in [-0.39, 0.29) is 18.1 Å². The van der Waals surface area contributed by atoms with Gasteiger partial charge < -0.3 is 19.7 Å². The summed E-state index contributed by atoms with van der Waals surface area (Å²) in [5, 5.41) is 12.3. The molecule has 2 heterocycles. The van der Waals surface area contributed by atoms with Gasteiger partial charge in [-0.15, -0.1) is 0 Å². The number of hydrogen-bond acceptors (Lipinski definition) is 6. The van der Waals surface area contributed by atoms with Gasteiger partial charge in [-0.3, -0.25) is 14.5 Å². The number of carbonyl (C=O) groups excluding carboxylic acids is 2. The van der Waals surface area contributed by atoms with Crippen molar-refractivity contribution in [2.24, 2.45) is 0 Å². The minimum absolute atomic E-state index is 0.114. The minimum atomic E-state index is -1.13. The number of amides is 1. The van der Waals surface area contributed by atoms with Crippen molar-refractivity contribution in [1.82, 2.24) is 14.5 Å². The summed E-state index contributed by atoms with van der Waals surface area (Å²) < 4.78 is 6.61. The molecule has 1 atom stereocenters. The Bertz CT molecular complexity index is 546. The Hall–Kier alpha value is -2.09. The summed E-state index contributed by atoms with van der Waals surface area (Å²) in [4.78, 5) is 29.0. The van der Waals surface area contributed by atoms with Gasteiger partial charge in [0.2, 0.25) is 6.35 Å². The SMILES string of the molecule is CN1C(=O)c2c(ncn2CC(=O)OC(C)(C)C)NC1O. The van der Waals surface area contributed by atoms with Crippen molar-refractivity contribution < 1.29 is 19.4 Å². The second-order valence-corrected chi connectivity index (χ2v) is 5.59. The van der Waals surface area contributed by atoms with Crippen molar-refractivity contribution in [2.45, 2.75) is 39.3 Å². The first-order valence-electron chi connectivity index (χ1n) is 6.18. The number of esters is 1. The molecular formula is C12H18N4O4. The Morgan fingerprint density at radius 1 is 1.55 bits per heavy atom. The molecule has 1 aliphatic rings. The Kier molecular flexibility index (Phi) is 3.43. The maximum Gasteiger partial charge on any atom is 0.326 e. The standard InChI is InChI=1S/C12H18N4O4/c1-12(2,3)20-7(17)5-16-6-13-9-8(16)10(18)15(4)11(19)14-9/h6,11,14,19H,5H2,1-4H3. The van der Waals surface area contributed by atoms with Gasteiger partial charge in [-0.1, -0.05) is 0 Å². The zero-order valence-corrected chi connectivity index (χ0v) is 11.9. The molecular weight excluding hydrogens is 264 g/mol. The molecule has 0 saturated carbocycles. The van der Waals surface area contributed by atoms with E-state index in [1.54, 1.807) is 20.8 Å². The summed E-state index contributed by atoms with van der Waals surface area (Å²) in [5.74, 6) is -0.615. The highest BCUT2D eigenvalue weighted by Gasteiger charge is 2.32. The Balaban J connectivity index is 2.20. The van der Waals surface area contributed by atoms with Crippen molar-refractivity contribution in [1.29, 1.82) is 0 Å². The van der Waals surface area contributed by atoms with Crippen LogP contribution in [0.25, 0.3) is 0 Å². The highest BCUT2D eigenvalue weighted by molar-refractivity contribution is 5.99. The molecule has 8 nitrogen and oxygen atoms in total. The van der Waals surface area contributed by atoms with Gasteiger partial charge in [0.25, 0.3) is 5.91 Å². The van der Waals surface area contributed by atoms with Crippen LogP contribution in [0.15, 0.2) is 6.33 Å². The maximum atomic E-state index is 12.1. The second kappa shape index (κ2) is 4.78. The third kappa shape index (κ3) is 2.74. The van der Waals surface area contributed by atoms with Crippen LogP contribution < -0.4 is 5.32 Å². The summed E-state index contributed by atoms with van der Waals surface area (Å²) in [7, 11) is 1.45. The summed E-state index contributed by atoms with van der Waals surface area (Å²) in [5.41, 5.74) is -0.365. The lowest BCUT2D eigenvalue weighted by molar-refractivity contribution is -0.155. The van der Waals surface area contributed by atoms with Gasteiger partial charge in [0, 0.05) is 7.05 Å². The van der Waals surface area contributed by atoms with Gasteiger partial charge in [-0.2, -0.15) is 0 Å². The van der Waals surface area contributed by atoms with Gasteiger partial charge in [0.05, 0.1) is 6.33 Å². The lowest BCUT2D eigenvalue weighted by atomic mass is 10.2. The Morgan fingerprint density at radius 3 is 2.80 bits per heavy atom. The van der Waals surface area contributed by atoms with Gasteiger partial charge in [0.1, 0.15) is 12.1 Å². The first-order chi connectivity index (χ1) is 9.19. The van der Waals surface area contributed by atoms with Crippen LogP contribution in [0.5, 0.6) is 0 Å². The highest BCUT2D eigenvalue weighted by Crippen LogP contribution is 2.22. The molecule has 0 aromatic carbocycles. The molecule has 110 valence electrons. The summed E-state index contributed by atoms with van der Waals surface area (Å²) in [6, 6.07) is 0. The Labute approximate surface area is 116 Å². The van der Waals surface area contributed by atoms with Crippen molar-refractivity contribution in [3.8, 4) is 0 Å². The van der Waals surface area contributed by atoms with E-state index >= 15 is 0 Å². The number of nitrogens with zero attached hydrogens (tertiary/aromatic N) is 3. The largest absolute Gasteiger partial charge is 0.459 e. The van der Waals surface area contributed by atoms with Gasteiger partial charge in [0.15, 0.2) is 11.5 Å². The Morgan fingerprint density at radius 2 is 2.20 bits per heavy atom. The molecule has 0 aliphatic carbocycles. The fraction of sp³-hybridized carbons (Fsp3) is 0.583. The molecule has 2 N–H and O–H groups in total. The molecule has 8 heteroatoms. The minimum Gasteiger partial charge on any atom is -0.459 e. The fourth-order valence-electron chi connectivity index (χ4n) is 1.84. The van der Waals surface area contributed by atoms with Crippen LogP contribution in [0.3, 0.4) is 0 Å². The zero-order valence-electron chi connectivity index (χ0n) is 11.9. The smallest absolute Gasteiger partial charge is 0.326 e. The molecule has 2 rings (SSSR count). The average molecular weight is 282 g/mol. The van der Waals surface area contributed by atoms with Gasteiger partial charge in [-0.05, 0) is 20.8 Å². The van der Waals surface area contributed by atoms with E-state index in [1.165, 1.54) is 17.9 Å². The van der Waals surface area contributed by atoms with Crippen LogP contribution >= 0.6 is 0 Å². The molecule has 1 aromatic rings. The van der Waals surface area contributed by atoms with Crippen molar-refractivity contribution >= 4 is 17.7 Å². The number of carbonyl (C=O) groups is 2. The maximum absolute atomic E-state index is 12.1. The molecule has 20 heavy (non-hydrogen) atoms. The topological polar surface area (TPSA) is 96.7 Å². The molecule has 0 spiro atoms. The number of nitrogens with one attached hydrogen (secondary N) is 1. The number of fused-ring (bicyclic) bond motifs is 1. The van der Waals surface area contributed by atoms with Crippen LogP contribution in [-0.2, 0) is 16.1 Å². The van der Waals surface area contributed by atoms with E-state index in [2.05, 4.69) is 10.3 Å². The molecule has 0 bridgehead atoms. The lowest BCUT2D eigenvalue weighted by Crippen LogP contribution is -2.47. The number of rotatable bonds is 2. The normalized spacial score (nSPS) is 18.6. The molecule has 0 radical (unpaired) electrons. The van der Waals surface area contributed by atoms with Crippen LogP contribution in [0.1, 0.15) is 31.3 Å². The quantitative estimate of drug-likeness (QED) is 0.741. The predicted molar refractivity (Wildman–Crippen MR) is 69.8 cm³/mol. The van der Waals surface area contributed by atoms with E-state index in [9.17, 15) is 14.7 Å². The molecule has 1 unspecified atom stereocenters. The second-order valence-electron chi connectivity index (χ2n) is 5.59. The van der Waals surface area contributed by atoms with Crippen LogP contribution in [0.2, 0.25) is 0 Å². The number of anilines is 1. The molecule has 0 saturated heterocycles. The van der Waals surface area contributed by atoms with Gasteiger partial charge >= 0.3 is 5.97 Å². The summed E-state index contributed by atoms with van der Waals surface area (Å²) in [6.07, 6.45) is 0.241. The van der Waals surface area contributed by atoms with Crippen LogP contribution in [0.4, 0.5) is 5.82 Å². The monoisotopic (exact) mass is 282 g/mol.